The number of aliphatic hydroxyl groups is 1. The minimum absolute atomic E-state index is 0.199. The molecule has 1 rings (SSSR count). The van der Waals surface area contributed by atoms with Gasteiger partial charge in [-0.1, -0.05) is 30.7 Å². The zero-order chi connectivity index (χ0) is 12.7. The normalized spacial score (nSPS) is 11.6. The lowest BCUT2D eigenvalue weighted by Gasteiger charge is -2.21. The van der Waals surface area contributed by atoms with E-state index in [2.05, 4.69) is 56.0 Å². The second kappa shape index (κ2) is 7.13. The number of hydrogen-bond acceptors (Lipinski definition) is 2. The van der Waals surface area contributed by atoms with E-state index >= 15 is 0 Å². The van der Waals surface area contributed by atoms with Crippen LogP contribution >= 0.6 is 0 Å². The van der Waals surface area contributed by atoms with Crippen LogP contribution in [0, 0.1) is 0 Å². The van der Waals surface area contributed by atoms with E-state index in [0.717, 1.165) is 13.0 Å². The van der Waals surface area contributed by atoms with E-state index in [-0.39, 0.29) is 6.61 Å². The van der Waals surface area contributed by atoms with Crippen molar-refractivity contribution in [3.8, 4) is 0 Å². The van der Waals surface area contributed by atoms with Gasteiger partial charge in [0.1, 0.15) is 0 Å². The van der Waals surface area contributed by atoms with Crippen LogP contribution in [0.3, 0.4) is 0 Å². The highest BCUT2D eigenvalue weighted by atomic mass is 16.3. The molecule has 0 radical (unpaired) electrons. The van der Waals surface area contributed by atoms with Crippen molar-refractivity contribution in [1.29, 1.82) is 0 Å². The van der Waals surface area contributed by atoms with Gasteiger partial charge in [0.05, 0.1) is 6.61 Å². The number of anilines is 1. The molecule has 0 spiro atoms. The van der Waals surface area contributed by atoms with E-state index in [4.69, 9.17) is 5.11 Å². The average Bonchev–Trinajstić information content (AvgIpc) is 2.37. The molecular weight excluding hydrogens is 210 g/mol. The molecule has 17 heavy (non-hydrogen) atoms. The lowest BCUT2D eigenvalue weighted by molar-refractivity contribution is 0.302. The number of benzene rings is 1. The van der Waals surface area contributed by atoms with Crippen molar-refractivity contribution >= 4 is 11.8 Å². The highest BCUT2D eigenvalue weighted by Crippen LogP contribution is 2.17. The summed E-state index contributed by atoms with van der Waals surface area (Å²) < 4.78 is 0. The van der Waals surface area contributed by atoms with Crippen LogP contribution in [0.2, 0.25) is 0 Å². The number of nitrogens with zero attached hydrogens (tertiary/aromatic N) is 1. The Bertz CT molecular complexity index is 354. The summed E-state index contributed by atoms with van der Waals surface area (Å²) in [5, 5.41) is 8.98. The molecule has 0 saturated carbocycles. The van der Waals surface area contributed by atoms with Gasteiger partial charge in [-0.2, -0.15) is 0 Å². The molecule has 0 fully saturated rings. The molecule has 0 bridgehead atoms. The van der Waals surface area contributed by atoms with Crippen LogP contribution in [0.5, 0.6) is 0 Å². The van der Waals surface area contributed by atoms with Gasteiger partial charge in [0.25, 0.3) is 0 Å². The zero-order valence-electron chi connectivity index (χ0n) is 11.1. The van der Waals surface area contributed by atoms with Crippen LogP contribution in [-0.4, -0.2) is 24.8 Å². The van der Waals surface area contributed by atoms with Crippen LogP contribution < -0.4 is 4.90 Å². The summed E-state index contributed by atoms with van der Waals surface area (Å²) in [5.74, 6) is 0. The Labute approximate surface area is 105 Å². The second-order valence-corrected chi connectivity index (χ2v) is 4.24. The van der Waals surface area contributed by atoms with Gasteiger partial charge in [-0.15, -0.1) is 0 Å². The molecule has 0 unspecified atom stereocenters. The highest BCUT2D eigenvalue weighted by molar-refractivity contribution is 5.57. The fourth-order valence-electron chi connectivity index (χ4n) is 1.76. The lowest BCUT2D eigenvalue weighted by atomic mass is 10.1. The number of allylic oxidation sites excluding steroid dienone is 1. The highest BCUT2D eigenvalue weighted by Gasteiger charge is 2.02. The molecule has 1 N–H and O–H groups in total. The van der Waals surface area contributed by atoms with E-state index < -0.39 is 0 Å². The van der Waals surface area contributed by atoms with Crippen molar-refractivity contribution in [1.82, 2.24) is 0 Å². The second-order valence-electron chi connectivity index (χ2n) is 4.24. The Morgan fingerprint density at radius 3 is 2.35 bits per heavy atom. The van der Waals surface area contributed by atoms with Crippen LogP contribution in [0.25, 0.3) is 6.08 Å². The van der Waals surface area contributed by atoms with E-state index in [0.29, 0.717) is 6.54 Å². The third-order valence-corrected chi connectivity index (χ3v) is 2.98. The topological polar surface area (TPSA) is 23.5 Å². The SMILES string of the molecule is CC/C(C)=C/c1ccc(N(CC)CCO)cc1. The summed E-state index contributed by atoms with van der Waals surface area (Å²) in [6.07, 6.45) is 3.31. The number of rotatable bonds is 6. The first-order valence-electron chi connectivity index (χ1n) is 6.34. The van der Waals surface area contributed by atoms with Gasteiger partial charge in [-0.05, 0) is 38.0 Å². The monoisotopic (exact) mass is 233 g/mol. The molecule has 0 atom stereocenters. The lowest BCUT2D eigenvalue weighted by Crippen LogP contribution is -2.25. The van der Waals surface area contributed by atoms with Gasteiger partial charge in [-0.3, -0.25) is 0 Å². The Morgan fingerprint density at radius 1 is 1.24 bits per heavy atom. The van der Waals surface area contributed by atoms with Crippen LogP contribution in [-0.2, 0) is 0 Å². The quantitative estimate of drug-likeness (QED) is 0.814. The molecule has 0 amide bonds. The van der Waals surface area contributed by atoms with E-state index in [9.17, 15) is 0 Å². The average molecular weight is 233 g/mol. The summed E-state index contributed by atoms with van der Waals surface area (Å²) in [6, 6.07) is 8.50. The van der Waals surface area contributed by atoms with Crippen LogP contribution in [0.4, 0.5) is 5.69 Å². The minimum atomic E-state index is 0.199. The van der Waals surface area contributed by atoms with Crippen LogP contribution in [0.1, 0.15) is 32.8 Å². The van der Waals surface area contributed by atoms with Gasteiger partial charge in [0, 0.05) is 18.8 Å². The van der Waals surface area contributed by atoms with Crippen molar-refractivity contribution in [3.63, 3.8) is 0 Å². The summed E-state index contributed by atoms with van der Waals surface area (Å²) in [7, 11) is 0. The predicted molar refractivity (Wildman–Crippen MR) is 75.4 cm³/mol. The van der Waals surface area contributed by atoms with Crippen molar-refractivity contribution < 1.29 is 5.11 Å². The summed E-state index contributed by atoms with van der Waals surface area (Å²) >= 11 is 0. The van der Waals surface area contributed by atoms with Gasteiger partial charge < -0.3 is 10.0 Å². The molecule has 0 aliphatic carbocycles. The Morgan fingerprint density at radius 2 is 1.88 bits per heavy atom. The van der Waals surface area contributed by atoms with E-state index in [1.807, 2.05) is 0 Å². The van der Waals surface area contributed by atoms with E-state index in [1.54, 1.807) is 0 Å². The maximum atomic E-state index is 8.98. The Hall–Kier alpha value is -1.28. The molecule has 0 aliphatic rings. The maximum absolute atomic E-state index is 8.98. The van der Waals surface area contributed by atoms with Crippen molar-refractivity contribution in [3.05, 3.63) is 35.4 Å². The van der Waals surface area contributed by atoms with Gasteiger partial charge in [-0.25, -0.2) is 0 Å². The Kier molecular flexibility index (Phi) is 5.78. The standard InChI is InChI=1S/C15H23NO/c1-4-13(3)12-14-6-8-15(9-7-14)16(5-2)10-11-17/h6-9,12,17H,4-5,10-11H2,1-3H3/b13-12+. The van der Waals surface area contributed by atoms with Crippen molar-refractivity contribution in [2.45, 2.75) is 27.2 Å². The predicted octanol–water partition coefficient (Wildman–Crippen LogP) is 3.32. The number of hydrogen-bond donors (Lipinski definition) is 1. The van der Waals surface area contributed by atoms with E-state index in [1.165, 1.54) is 16.8 Å². The molecule has 0 heterocycles. The third kappa shape index (κ3) is 4.23. The van der Waals surface area contributed by atoms with Crippen LogP contribution in [0.15, 0.2) is 29.8 Å². The van der Waals surface area contributed by atoms with Gasteiger partial charge in [0.2, 0.25) is 0 Å². The molecule has 0 aromatic heterocycles. The van der Waals surface area contributed by atoms with Crippen molar-refractivity contribution in [2.24, 2.45) is 0 Å². The summed E-state index contributed by atoms with van der Waals surface area (Å²) in [6.45, 7) is 8.23. The summed E-state index contributed by atoms with van der Waals surface area (Å²) in [5.41, 5.74) is 3.81. The fraction of sp³-hybridized carbons (Fsp3) is 0.467. The zero-order valence-corrected chi connectivity index (χ0v) is 11.1. The third-order valence-electron chi connectivity index (χ3n) is 2.98. The minimum Gasteiger partial charge on any atom is -0.395 e. The molecular formula is C15H23NO. The number of likely N-dealkylation sites (N-methyl/N-ethyl adjacent to an activating group) is 1. The smallest absolute Gasteiger partial charge is 0.0606 e. The number of aliphatic hydroxyl groups excluding tert-OH is 1. The molecule has 1 aromatic rings. The molecule has 94 valence electrons. The molecule has 0 aliphatic heterocycles. The van der Waals surface area contributed by atoms with Gasteiger partial charge in [0.15, 0.2) is 0 Å². The molecule has 2 heteroatoms. The first kappa shape index (κ1) is 13.8. The first-order chi connectivity index (χ1) is 8.21. The summed E-state index contributed by atoms with van der Waals surface area (Å²) in [4.78, 5) is 2.17. The molecule has 2 nitrogen and oxygen atoms in total. The molecule has 1 aromatic carbocycles. The van der Waals surface area contributed by atoms with Gasteiger partial charge >= 0.3 is 0 Å². The van der Waals surface area contributed by atoms with Crippen molar-refractivity contribution in [2.75, 3.05) is 24.6 Å². The Balaban J connectivity index is 2.79. The maximum Gasteiger partial charge on any atom is 0.0606 e. The first-order valence-corrected chi connectivity index (χ1v) is 6.34. The fourth-order valence-corrected chi connectivity index (χ4v) is 1.76. The molecule has 0 saturated heterocycles. The largest absolute Gasteiger partial charge is 0.395 e.